The van der Waals surface area contributed by atoms with E-state index in [1.54, 1.807) is 19.2 Å². The van der Waals surface area contributed by atoms with Crippen LogP contribution in [0.4, 0.5) is 4.79 Å². The minimum atomic E-state index is -1.04. The molecule has 5 heteroatoms. The standard InChI is InChI=1S/C8H9BrN2O2/c1-5(11-8(12)13)6-3-2-4-10-7(6)9/h2-5,11H,1H3,(H,12,13). The average Bonchev–Trinajstić information content (AvgIpc) is 2.03. The first kappa shape index (κ1) is 9.98. The van der Waals surface area contributed by atoms with Gasteiger partial charge in [0.1, 0.15) is 4.60 Å². The smallest absolute Gasteiger partial charge is 0.405 e. The Morgan fingerprint density at radius 1 is 1.77 bits per heavy atom. The zero-order valence-electron chi connectivity index (χ0n) is 6.99. The van der Waals surface area contributed by atoms with Crippen LogP contribution in [0.2, 0.25) is 0 Å². The molecule has 0 aromatic carbocycles. The lowest BCUT2D eigenvalue weighted by atomic mass is 10.1. The van der Waals surface area contributed by atoms with Crippen molar-refractivity contribution in [1.82, 2.24) is 10.3 Å². The maximum Gasteiger partial charge on any atom is 0.405 e. The quantitative estimate of drug-likeness (QED) is 0.785. The largest absolute Gasteiger partial charge is 0.465 e. The Labute approximate surface area is 84.1 Å². The van der Waals surface area contributed by atoms with Gasteiger partial charge in [-0.15, -0.1) is 0 Å². The number of nitrogens with zero attached hydrogens (tertiary/aromatic N) is 1. The Bertz CT molecular complexity index is 317. The van der Waals surface area contributed by atoms with E-state index in [0.29, 0.717) is 4.60 Å². The van der Waals surface area contributed by atoms with Gasteiger partial charge in [-0.2, -0.15) is 0 Å². The molecule has 1 aromatic rings. The van der Waals surface area contributed by atoms with Gasteiger partial charge in [0.15, 0.2) is 0 Å². The molecule has 1 rings (SSSR count). The molecule has 0 radical (unpaired) electrons. The molecule has 0 saturated heterocycles. The molecule has 1 amide bonds. The van der Waals surface area contributed by atoms with Crippen molar-refractivity contribution in [3.63, 3.8) is 0 Å². The lowest BCUT2D eigenvalue weighted by Gasteiger charge is -2.12. The van der Waals surface area contributed by atoms with Crippen LogP contribution in [-0.2, 0) is 0 Å². The average molecular weight is 245 g/mol. The second-order valence-corrected chi connectivity index (χ2v) is 3.31. The van der Waals surface area contributed by atoms with Gasteiger partial charge in [0.05, 0.1) is 6.04 Å². The minimum absolute atomic E-state index is 0.263. The number of carboxylic acid groups (broad SMARTS) is 1. The van der Waals surface area contributed by atoms with Gasteiger partial charge in [0.25, 0.3) is 0 Å². The van der Waals surface area contributed by atoms with Gasteiger partial charge >= 0.3 is 6.09 Å². The molecule has 0 aliphatic heterocycles. The summed E-state index contributed by atoms with van der Waals surface area (Å²) in [7, 11) is 0. The molecule has 1 aromatic heterocycles. The molecule has 1 atom stereocenters. The maximum absolute atomic E-state index is 10.3. The van der Waals surface area contributed by atoms with Crippen LogP contribution in [0.3, 0.4) is 0 Å². The normalized spacial score (nSPS) is 12.2. The second kappa shape index (κ2) is 4.23. The van der Waals surface area contributed by atoms with Crippen molar-refractivity contribution in [3.05, 3.63) is 28.5 Å². The van der Waals surface area contributed by atoms with E-state index < -0.39 is 6.09 Å². The number of rotatable bonds is 2. The predicted molar refractivity (Wildman–Crippen MR) is 51.5 cm³/mol. The van der Waals surface area contributed by atoms with Crippen molar-refractivity contribution in [2.45, 2.75) is 13.0 Å². The number of hydrogen-bond acceptors (Lipinski definition) is 2. The van der Waals surface area contributed by atoms with Crippen LogP contribution in [-0.4, -0.2) is 16.2 Å². The van der Waals surface area contributed by atoms with E-state index in [9.17, 15) is 4.79 Å². The SMILES string of the molecule is CC(NC(=O)O)c1cccnc1Br. The van der Waals surface area contributed by atoms with Crippen LogP contribution >= 0.6 is 15.9 Å². The Morgan fingerprint density at radius 2 is 2.46 bits per heavy atom. The first-order chi connectivity index (χ1) is 6.11. The number of hydrogen-bond donors (Lipinski definition) is 2. The Hall–Kier alpha value is -1.10. The first-order valence-electron chi connectivity index (χ1n) is 3.71. The Morgan fingerprint density at radius 3 is 3.00 bits per heavy atom. The summed E-state index contributed by atoms with van der Waals surface area (Å²) in [5, 5.41) is 10.8. The summed E-state index contributed by atoms with van der Waals surface area (Å²) in [5.74, 6) is 0. The van der Waals surface area contributed by atoms with E-state index in [0.717, 1.165) is 5.56 Å². The van der Waals surface area contributed by atoms with Crippen molar-refractivity contribution >= 4 is 22.0 Å². The molecule has 13 heavy (non-hydrogen) atoms. The molecule has 0 aliphatic carbocycles. The van der Waals surface area contributed by atoms with E-state index in [2.05, 4.69) is 26.2 Å². The second-order valence-electron chi connectivity index (χ2n) is 2.55. The fraction of sp³-hybridized carbons (Fsp3) is 0.250. The predicted octanol–water partition coefficient (Wildman–Crippen LogP) is 2.17. The van der Waals surface area contributed by atoms with Crippen molar-refractivity contribution in [2.24, 2.45) is 0 Å². The third-order valence-corrected chi connectivity index (χ3v) is 2.26. The third kappa shape index (κ3) is 2.69. The molecular weight excluding hydrogens is 236 g/mol. The maximum atomic E-state index is 10.3. The number of pyridine rings is 1. The lowest BCUT2D eigenvalue weighted by Crippen LogP contribution is -2.24. The summed E-state index contributed by atoms with van der Waals surface area (Å²) in [4.78, 5) is 14.3. The zero-order chi connectivity index (χ0) is 9.84. The van der Waals surface area contributed by atoms with E-state index in [1.165, 1.54) is 0 Å². The first-order valence-corrected chi connectivity index (χ1v) is 4.50. The van der Waals surface area contributed by atoms with E-state index >= 15 is 0 Å². The van der Waals surface area contributed by atoms with Crippen molar-refractivity contribution in [1.29, 1.82) is 0 Å². The van der Waals surface area contributed by atoms with Crippen LogP contribution in [0, 0.1) is 0 Å². The molecule has 4 nitrogen and oxygen atoms in total. The number of carbonyl (C=O) groups is 1. The van der Waals surface area contributed by atoms with Crippen molar-refractivity contribution in [2.75, 3.05) is 0 Å². The Balaban J connectivity index is 2.82. The molecule has 2 N–H and O–H groups in total. The minimum Gasteiger partial charge on any atom is -0.465 e. The van der Waals surface area contributed by atoms with Gasteiger partial charge in [-0.3, -0.25) is 0 Å². The molecule has 0 spiro atoms. The van der Waals surface area contributed by atoms with Gasteiger partial charge in [-0.05, 0) is 28.9 Å². The molecular formula is C8H9BrN2O2. The number of aromatic nitrogens is 1. The fourth-order valence-electron chi connectivity index (χ4n) is 0.984. The van der Waals surface area contributed by atoms with Crippen LogP contribution in [0.25, 0.3) is 0 Å². The van der Waals surface area contributed by atoms with Gasteiger partial charge in [-0.1, -0.05) is 6.07 Å². The van der Waals surface area contributed by atoms with Crippen LogP contribution in [0.1, 0.15) is 18.5 Å². The Kier molecular flexibility index (Phi) is 3.25. The van der Waals surface area contributed by atoms with E-state index in [-0.39, 0.29) is 6.04 Å². The van der Waals surface area contributed by atoms with Crippen molar-refractivity contribution in [3.8, 4) is 0 Å². The summed E-state index contributed by atoms with van der Waals surface area (Å²) >= 11 is 3.24. The number of halogens is 1. The highest BCUT2D eigenvalue weighted by atomic mass is 79.9. The number of nitrogens with one attached hydrogen (secondary N) is 1. The lowest BCUT2D eigenvalue weighted by molar-refractivity contribution is 0.191. The van der Waals surface area contributed by atoms with Gasteiger partial charge in [0.2, 0.25) is 0 Å². The molecule has 0 bridgehead atoms. The third-order valence-electron chi connectivity index (χ3n) is 1.59. The van der Waals surface area contributed by atoms with Crippen LogP contribution < -0.4 is 5.32 Å². The summed E-state index contributed by atoms with van der Waals surface area (Å²) in [6.45, 7) is 1.76. The zero-order valence-corrected chi connectivity index (χ0v) is 8.58. The molecule has 1 heterocycles. The van der Waals surface area contributed by atoms with Gasteiger partial charge in [-0.25, -0.2) is 9.78 Å². The van der Waals surface area contributed by atoms with Gasteiger partial charge in [0, 0.05) is 11.8 Å². The highest BCUT2D eigenvalue weighted by molar-refractivity contribution is 9.10. The topological polar surface area (TPSA) is 62.2 Å². The van der Waals surface area contributed by atoms with Crippen LogP contribution in [0.15, 0.2) is 22.9 Å². The highest BCUT2D eigenvalue weighted by Gasteiger charge is 2.10. The van der Waals surface area contributed by atoms with E-state index in [4.69, 9.17) is 5.11 Å². The monoisotopic (exact) mass is 244 g/mol. The van der Waals surface area contributed by atoms with E-state index in [1.807, 2.05) is 6.07 Å². The fourth-order valence-corrected chi connectivity index (χ4v) is 1.58. The molecule has 0 fully saturated rings. The van der Waals surface area contributed by atoms with Crippen molar-refractivity contribution < 1.29 is 9.90 Å². The molecule has 0 saturated carbocycles. The summed E-state index contributed by atoms with van der Waals surface area (Å²) < 4.78 is 0.663. The molecule has 1 unspecified atom stereocenters. The summed E-state index contributed by atoms with van der Waals surface area (Å²) in [6, 6.07) is 3.32. The van der Waals surface area contributed by atoms with Gasteiger partial charge < -0.3 is 10.4 Å². The van der Waals surface area contributed by atoms with Crippen LogP contribution in [0.5, 0.6) is 0 Å². The number of amides is 1. The summed E-state index contributed by atoms with van der Waals surface area (Å²) in [5.41, 5.74) is 0.824. The molecule has 70 valence electrons. The molecule has 0 aliphatic rings. The highest BCUT2D eigenvalue weighted by Crippen LogP contribution is 2.19. The summed E-state index contributed by atoms with van der Waals surface area (Å²) in [6.07, 6.45) is 0.601.